The number of unbranched alkanes of at least 4 members (excludes halogenated alkanes) is 1. The van der Waals surface area contributed by atoms with Crippen LogP contribution in [0.2, 0.25) is 0 Å². The van der Waals surface area contributed by atoms with E-state index in [-0.39, 0.29) is 31.1 Å². The summed E-state index contributed by atoms with van der Waals surface area (Å²) in [7, 11) is 0. The first-order valence-electron chi connectivity index (χ1n) is 17.2. The Labute approximate surface area is 304 Å². The van der Waals surface area contributed by atoms with Crippen LogP contribution in [0.4, 0.5) is 0 Å². The van der Waals surface area contributed by atoms with Crippen molar-refractivity contribution < 1.29 is 48.5 Å². The lowest BCUT2D eigenvalue weighted by Crippen LogP contribution is -2.58. The molecule has 0 aliphatic carbocycles. The molecule has 0 unspecified atom stereocenters. The van der Waals surface area contributed by atoms with Crippen LogP contribution in [-0.2, 0) is 44.7 Å². The van der Waals surface area contributed by atoms with Crippen LogP contribution in [0.15, 0.2) is 36.9 Å². The average molecular weight is 734 g/mol. The van der Waals surface area contributed by atoms with E-state index >= 15 is 0 Å². The molecule has 11 N–H and O–H groups in total. The number of aliphatic carboxylic acids is 1. The normalized spacial score (nSPS) is 14.4. The van der Waals surface area contributed by atoms with Gasteiger partial charge in [0, 0.05) is 6.42 Å². The van der Waals surface area contributed by atoms with Gasteiger partial charge in [-0.2, -0.15) is 0 Å². The van der Waals surface area contributed by atoms with E-state index in [1.54, 1.807) is 27.7 Å². The van der Waals surface area contributed by atoms with E-state index in [2.05, 4.69) is 33.2 Å². The number of carbonyl (C=O) groups excluding carboxylic acids is 6. The summed E-state index contributed by atoms with van der Waals surface area (Å²) in [5, 5.41) is 31.7. The molecule has 0 aliphatic heterocycles. The van der Waals surface area contributed by atoms with Gasteiger partial charge in [0.15, 0.2) is 0 Å². The van der Waals surface area contributed by atoms with Crippen molar-refractivity contribution in [1.29, 1.82) is 0 Å². The third-order valence-electron chi connectivity index (χ3n) is 8.19. The van der Waals surface area contributed by atoms with Crippen molar-refractivity contribution in [3.05, 3.63) is 42.5 Å². The van der Waals surface area contributed by atoms with Gasteiger partial charge in [0.05, 0.1) is 19.0 Å². The lowest BCUT2D eigenvalue weighted by Gasteiger charge is -2.25. The Morgan fingerprint density at radius 2 is 1.48 bits per heavy atom. The fourth-order valence-corrected chi connectivity index (χ4v) is 4.74. The second-order valence-corrected chi connectivity index (χ2v) is 12.8. The van der Waals surface area contributed by atoms with Crippen molar-refractivity contribution in [2.24, 2.45) is 23.3 Å². The topological polar surface area (TPSA) is 281 Å². The molecule has 0 radical (unpaired) electrons. The van der Waals surface area contributed by atoms with E-state index in [0.29, 0.717) is 31.4 Å². The highest BCUT2D eigenvalue weighted by Gasteiger charge is 2.32. The van der Waals surface area contributed by atoms with Crippen molar-refractivity contribution in [2.45, 2.75) is 96.4 Å². The Kier molecular flexibility index (Phi) is 20.3. The Hall–Kier alpha value is -5.03. The molecule has 0 fully saturated rings. The number of hydrogen-bond donors (Lipinski definition) is 9. The summed E-state index contributed by atoms with van der Waals surface area (Å²) < 4.78 is 4.99. The van der Waals surface area contributed by atoms with Gasteiger partial charge < -0.3 is 53.0 Å². The number of hydrogen-bond acceptors (Lipinski definition) is 11. The highest BCUT2D eigenvalue weighted by Crippen LogP contribution is 2.13. The van der Waals surface area contributed by atoms with Crippen LogP contribution in [-0.4, -0.2) is 102 Å². The molecule has 0 spiro atoms. The fourth-order valence-electron chi connectivity index (χ4n) is 4.74. The van der Waals surface area contributed by atoms with Gasteiger partial charge >= 0.3 is 11.9 Å². The molecule has 17 heteroatoms. The third kappa shape index (κ3) is 16.3. The highest BCUT2D eigenvalue weighted by atomic mass is 16.5. The maximum absolute atomic E-state index is 13.4. The van der Waals surface area contributed by atoms with Crippen LogP contribution < -0.4 is 38.1 Å². The van der Waals surface area contributed by atoms with Crippen LogP contribution >= 0.6 is 0 Å². The number of nitrogens with two attached hydrogens (primary N) is 2. The van der Waals surface area contributed by atoms with Crippen LogP contribution in [0, 0.1) is 11.8 Å². The molecule has 290 valence electrons. The maximum atomic E-state index is 13.4. The Morgan fingerprint density at radius 3 is 2.04 bits per heavy atom. The van der Waals surface area contributed by atoms with Crippen LogP contribution in [0.3, 0.4) is 0 Å². The predicted molar refractivity (Wildman–Crippen MR) is 191 cm³/mol. The van der Waals surface area contributed by atoms with Gasteiger partial charge in [0.25, 0.3) is 0 Å². The minimum Gasteiger partial charge on any atom is -0.508 e. The summed E-state index contributed by atoms with van der Waals surface area (Å²) in [6.45, 7) is 9.82. The van der Waals surface area contributed by atoms with Crippen molar-refractivity contribution in [3.63, 3.8) is 0 Å². The smallest absolute Gasteiger partial charge is 0.326 e. The van der Waals surface area contributed by atoms with Crippen molar-refractivity contribution in [1.82, 2.24) is 26.6 Å². The largest absolute Gasteiger partial charge is 0.508 e. The molecular formula is C35H55N7O10. The number of carbonyl (C=O) groups is 7. The zero-order valence-electron chi connectivity index (χ0n) is 30.3. The fraction of sp³-hybridized carbons (Fsp3) is 0.571. The minimum absolute atomic E-state index is 0.0300. The molecule has 0 bridgehead atoms. The van der Waals surface area contributed by atoms with Gasteiger partial charge in [0.2, 0.25) is 29.5 Å². The van der Waals surface area contributed by atoms with Crippen LogP contribution in [0.1, 0.15) is 65.4 Å². The number of rotatable bonds is 24. The Morgan fingerprint density at radius 1 is 0.865 bits per heavy atom. The van der Waals surface area contributed by atoms with Crippen LogP contribution in [0.5, 0.6) is 5.75 Å². The number of phenols is 1. The number of carboxylic acid groups (broad SMARTS) is 1. The second kappa shape index (κ2) is 23.4. The van der Waals surface area contributed by atoms with E-state index in [9.17, 15) is 43.8 Å². The molecule has 0 aliphatic rings. The molecule has 0 aromatic heterocycles. The first-order valence-corrected chi connectivity index (χ1v) is 17.2. The summed E-state index contributed by atoms with van der Waals surface area (Å²) in [4.78, 5) is 90.2. The quantitative estimate of drug-likeness (QED) is 0.0364. The van der Waals surface area contributed by atoms with Gasteiger partial charge in [-0.15, -0.1) is 0 Å². The van der Waals surface area contributed by atoms with E-state index in [0.717, 1.165) is 0 Å². The molecule has 0 saturated carbocycles. The summed E-state index contributed by atoms with van der Waals surface area (Å²) >= 11 is 0. The zero-order chi connectivity index (χ0) is 39.4. The lowest BCUT2D eigenvalue weighted by molar-refractivity contribution is -0.145. The Bertz CT molecular complexity index is 1370. The van der Waals surface area contributed by atoms with Crippen molar-refractivity contribution in [3.8, 4) is 5.75 Å². The number of nitrogens with one attached hydrogen (secondary N) is 5. The molecule has 1 aromatic rings. The number of carboxylic acids is 1. The number of phenolic OH excluding ortho intramolecular Hbond substituents is 1. The predicted octanol–water partition coefficient (Wildman–Crippen LogP) is -0.648. The van der Waals surface area contributed by atoms with Gasteiger partial charge in [-0.25, -0.2) is 4.79 Å². The molecule has 17 nitrogen and oxygen atoms in total. The molecular weight excluding hydrogens is 678 g/mol. The molecule has 6 atom stereocenters. The number of esters is 1. The van der Waals surface area contributed by atoms with Gasteiger partial charge in [0.1, 0.15) is 36.5 Å². The lowest BCUT2D eigenvalue weighted by atomic mass is 9.98. The SMILES string of the molecule is C=CCOC(=O)C[C@H](NC(=O)[C@H](CCCCN)NC(=O)[C@@H](N)C(C)C)C(=O)NCC(=O)N[C@@H](Cc1ccc(O)cc1)C(=O)N[C@H](C(=O)O)[C@@H](C)CC. The maximum Gasteiger partial charge on any atom is 0.326 e. The second-order valence-electron chi connectivity index (χ2n) is 12.8. The van der Waals surface area contributed by atoms with Gasteiger partial charge in [-0.3, -0.25) is 28.8 Å². The van der Waals surface area contributed by atoms with Gasteiger partial charge in [-0.1, -0.05) is 58.9 Å². The molecule has 1 rings (SSSR count). The summed E-state index contributed by atoms with van der Waals surface area (Å²) in [5.74, 6) is -6.79. The molecule has 1 aromatic carbocycles. The molecule has 52 heavy (non-hydrogen) atoms. The monoisotopic (exact) mass is 733 g/mol. The molecule has 5 amide bonds. The number of ether oxygens (including phenoxy) is 1. The van der Waals surface area contributed by atoms with E-state index in [4.69, 9.17) is 16.2 Å². The highest BCUT2D eigenvalue weighted by molar-refractivity contribution is 5.96. The first-order chi connectivity index (χ1) is 24.5. The van der Waals surface area contributed by atoms with E-state index in [1.165, 1.54) is 30.3 Å². The average Bonchev–Trinajstić information content (AvgIpc) is 3.10. The number of amides is 5. The zero-order valence-corrected chi connectivity index (χ0v) is 30.3. The Balaban J connectivity index is 3.19. The summed E-state index contributed by atoms with van der Waals surface area (Å²) in [5.41, 5.74) is 12.1. The first kappa shape index (κ1) is 45.0. The number of aromatic hydroxyl groups is 1. The van der Waals surface area contributed by atoms with Crippen molar-refractivity contribution >= 4 is 41.5 Å². The summed E-state index contributed by atoms with van der Waals surface area (Å²) in [6, 6.07) is -0.321. The van der Waals surface area contributed by atoms with Gasteiger partial charge in [-0.05, 0) is 55.3 Å². The van der Waals surface area contributed by atoms with Crippen LogP contribution in [0.25, 0.3) is 0 Å². The van der Waals surface area contributed by atoms with E-state index in [1.807, 2.05) is 0 Å². The minimum atomic E-state index is -1.55. The standard InChI is InChI=1S/C35H55N7O10/c1-6-16-52-28(45)18-26(41-32(47)24(10-8-9-15-36)40-34(49)29(37)20(3)4)31(46)38-19-27(44)39-25(17-22-11-13-23(43)14-12-22)33(48)42-30(35(50)51)21(5)7-2/h6,11-14,20-21,24-26,29-30,43H,1,7-10,15-19,36-37H2,2-5H3,(H,38,46)(H,39,44)(H,40,49)(H,41,47)(H,42,48)(H,50,51)/t21-,24-,25-,26-,29-,30-/m0/s1. The van der Waals surface area contributed by atoms with E-state index < -0.39 is 90.6 Å². The molecule has 0 saturated heterocycles. The molecule has 0 heterocycles. The van der Waals surface area contributed by atoms with Crippen molar-refractivity contribution in [2.75, 3.05) is 19.7 Å². The third-order valence-corrected chi connectivity index (χ3v) is 8.19. The number of benzene rings is 1. The summed E-state index contributed by atoms with van der Waals surface area (Å²) in [6.07, 6.45) is 2.18.